The van der Waals surface area contributed by atoms with E-state index in [0.29, 0.717) is 0 Å². The van der Waals surface area contributed by atoms with E-state index in [9.17, 15) is 4.79 Å². The number of ether oxygens (including phenoxy) is 1. The fourth-order valence-corrected chi connectivity index (χ4v) is 2.72. The molecule has 0 N–H and O–H groups in total. The minimum absolute atomic E-state index is 0.00468. The molecule has 0 saturated heterocycles. The maximum absolute atomic E-state index is 11.4. The van der Waals surface area contributed by atoms with Crippen LogP contribution in [0.25, 0.3) is 0 Å². The molecule has 6 nitrogen and oxygen atoms in total. The lowest BCUT2D eigenvalue weighted by atomic mass is 9.89. The van der Waals surface area contributed by atoms with E-state index >= 15 is 0 Å². The summed E-state index contributed by atoms with van der Waals surface area (Å²) in [5.41, 5.74) is 0.976. The average Bonchev–Trinajstić information content (AvgIpc) is 2.94. The van der Waals surface area contributed by atoms with Crippen molar-refractivity contribution >= 4 is 5.97 Å². The van der Waals surface area contributed by atoms with Crippen LogP contribution in [-0.2, 0) is 16.1 Å². The third-order valence-electron chi connectivity index (χ3n) is 3.56. The second-order valence-electron chi connectivity index (χ2n) is 4.95. The van der Waals surface area contributed by atoms with Crippen LogP contribution in [0.5, 0.6) is 0 Å². The van der Waals surface area contributed by atoms with Crippen molar-refractivity contribution in [1.29, 1.82) is 0 Å². The van der Waals surface area contributed by atoms with Crippen molar-refractivity contribution < 1.29 is 9.53 Å². The first kappa shape index (κ1) is 12.8. The molecule has 1 aliphatic heterocycles. The van der Waals surface area contributed by atoms with E-state index in [4.69, 9.17) is 4.74 Å². The average molecular weight is 272 g/mol. The van der Waals surface area contributed by atoms with Gasteiger partial charge in [-0.15, -0.1) is 5.10 Å². The smallest absolute Gasteiger partial charge is 0.303 e. The number of carbonyl (C=O) groups is 1. The summed E-state index contributed by atoms with van der Waals surface area (Å²) in [5.74, 6) is 0.514. The number of rotatable bonds is 3. The molecule has 2 aromatic rings. The van der Waals surface area contributed by atoms with Crippen molar-refractivity contribution in [3.8, 4) is 0 Å². The number of esters is 1. The highest BCUT2D eigenvalue weighted by atomic mass is 16.5. The predicted molar refractivity (Wildman–Crippen MR) is 70.7 cm³/mol. The van der Waals surface area contributed by atoms with Gasteiger partial charge in [0.25, 0.3) is 0 Å². The Labute approximate surface area is 116 Å². The molecule has 1 aromatic heterocycles. The fraction of sp³-hybridized carbons (Fsp3) is 0.429. The number of fused-ring (bicyclic) bond motifs is 1. The predicted octanol–water partition coefficient (Wildman–Crippen LogP) is 1.85. The molecule has 20 heavy (non-hydrogen) atoms. The largest absolute Gasteiger partial charge is 0.457 e. The van der Waals surface area contributed by atoms with E-state index in [-0.39, 0.29) is 18.0 Å². The zero-order valence-corrected chi connectivity index (χ0v) is 11.3. The minimum atomic E-state index is -0.334. The first-order valence-electron chi connectivity index (χ1n) is 6.74. The molecule has 0 saturated carbocycles. The quantitative estimate of drug-likeness (QED) is 0.797. The number of hydrogen-bond donors (Lipinski definition) is 0. The molecule has 6 heteroatoms. The summed E-state index contributed by atoms with van der Waals surface area (Å²) in [6, 6.07) is 9.77. The highest BCUT2D eigenvalue weighted by molar-refractivity contribution is 5.66. The second-order valence-corrected chi connectivity index (χ2v) is 4.95. The van der Waals surface area contributed by atoms with Gasteiger partial charge in [-0.2, -0.15) is 0 Å². The molecule has 0 radical (unpaired) electrons. The molecule has 2 atom stereocenters. The molecule has 0 aliphatic carbocycles. The molecule has 104 valence electrons. The van der Waals surface area contributed by atoms with E-state index in [0.717, 1.165) is 30.8 Å². The Kier molecular flexibility index (Phi) is 3.45. The Bertz CT molecular complexity index is 596. The Balaban J connectivity index is 1.97. The number of tetrazole rings is 1. The summed E-state index contributed by atoms with van der Waals surface area (Å²) < 4.78 is 7.35. The number of carbonyl (C=O) groups excluding carboxylic acids is 1. The van der Waals surface area contributed by atoms with Crippen molar-refractivity contribution in [2.45, 2.75) is 38.3 Å². The summed E-state index contributed by atoms with van der Waals surface area (Å²) in [5, 5.41) is 11.8. The number of aromatic nitrogens is 4. The maximum Gasteiger partial charge on any atom is 0.303 e. The van der Waals surface area contributed by atoms with Crippen molar-refractivity contribution in [1.82, 2.24) is 20.2 Å². The van der Waals surface area contributed by atoms with Gasteiger partial charge in [0.05, 0.1) is 5.92 Å². The zero-order chi connectivity index (χ0) is 13.9. The van der Waals surface area contributed by atoms with Gasteiger partial charge in [-0.3, -0.25) is 4.79 Å². The van der Waals surface area contributed by atoms with Crippen LogP contribution in [0.3, 0.4) is 0 Å². The summed E-state index contributed by atoms with van der Waals surface area (Å²) in [6.07, 6.45) is 1.55. The van der Waals surface area contributed by atoms with Crippen LogP contribution in [0.2, 0.25) is 0 Å². The Morgan fingerprint density at radius 2 is 2.20 bits per heavy atom. The SMILES string of the molecule is CC(=O)OC(c1ccccc1)C1CCCn2nnnc21. The molecule has 3 rings (SSSR count). The standard InChI is InChI=1S/C14H16N4O2/c1-10(19)20-13(11-6-3-2-4-7-11)12-8-5-9-18-14(12)15-16-17-18/h2-4,6-7,12-13H,5,8-9H2,1H3. The topological polar surface area (TPSA) is 69.9 Å². The second kappa shape index (κ2) is 5.40. The Hall–Kier alpha value is -2.24. The zero-order valence-electron chi connectivity index (χ0n) is 11.3. The molecule has 0 amide bonds. The number of hydrogen-bond acceptors (Lipinski definition) is 5. The van der Waals surface area contributed by atoms with Crippen LogP contribution in [0.15, 0.2) is 30.3 Å². The molecule has 0 spiro atoms. The van der Waals surface area contributed by atoms with Crippen LogP contribution in [-0.4, -0.2) is 26.2 Å². The van der Waals surface area contributed by atoms with Crippen molar-refractivity contribution in [3.05, 3.63) is 41.7 Å². The van der Waals surface area contributed by atoms with E-state index in [2.05, 4.69) is 15.5 Å². The van der Waals surface area contributed by atoms with Crippen molar-refractivity contribution in [2.24, 2.45) is 0 Å². The van der Waals surface area contributed by atoms with Gasteiger partial charge in [0.15, 0.2) is 5.82 Å². The Morgan fingerprint density at radius 1 is 1.40 bits per heavy atom. The van der Waals surface area contributed by atoms with Crippen molar-refractivity contribution in [3.63, 3.8) is 0 Å². The first-order valence-corrected chi connectivity index (χ1v) is 6.74. The first-order chi connectivity index (χ1) is 9.75. The lowest BCUT2D eigenvalue weighted by molar-refractivity contribution is -0.148. The van der Waals surface area contributed by atoms with Gasteiger partial charge in [0, 0.05) is 13.5 Å². The fourth-order valence-electron chi connectivity index (χ4n) is 2.72. The van der Waals surface area contributed by atoms with E-state index < -0.39 is 0 Å². The normalized spacial score (nSPS) is 19.1. The van der Waals surface area contributed by atoms with Crippen LogP contribution in [0.4, 0.5) is 0 Å². The van der Waals surface area contributed by atoms with Gasteiger partial charge < -0.3 is 4.74 Å². The van der Waals surface area contributed by atoms with Gasteiger partial charge in [-0.1, -0.05) is 30.3 Å². The summed E-state index contributed by atoms with van der Waals surface area (Å²) >= 11 is 0. The third-order valence-corrected chi connectivity index (χ3v) is 3.56. The molecular weight excluding hydrogens is 256 g/mol. The van der Waals surface area contributed by atoms with Gasteiger partial charge in [-0.25, -0.2) is 4.68 Å². The maximum atomic E-state index is 11.4. The monoisotopic (exact) mass is 272 g/mol. The summed E-state index contributed by atoms with van der Waals surface area (Å²) in [4.78, 5) is 11.4. The van der Waals surface area contributed by atoms with E-state index in [1.165, 1.54) is 6.92 Å². The molecular formula is C14H16N4O2. The van der Waals surface area contributed by atoms with Crippen LogP contribution < -0.4 is 0 Å². The summed E-state index contributed by atoms with van der Waals surface area (Å²) in [7, 11) is 0. The van der Waals surface area contributed by atoms with Gasteiger partial charge in [0.1, 0.15) is 6.10 Å². The number of benzene rings is 1. The molecule has 2 heterocycles. The number of aryl methyl sites for hydroxylation is 1. The Morgan fingerprint density at radius 3 is 2.95 bits per heavy atom. The molecule has 2 unspecified atom stereocenters. The molecule has 0 bridgehead atoms. The van der Waals surface area contributed by atoms with Gasteiger partial charge in [0.2, 0.25) is 0 Å². The highest BCUT2D eigenvalue weighted by Crippen LogP contribution is 2.38. The minimum Gasteiger partial charge on any atom is -0.457 e. The van der Waals surface area contributed by atoms with Gasteiger partial charge >= 0.3 is 5.97 Å². The van der Waals surface area contributed by atoms with Crippen LogP contribution >= 0.6 is 0 Å². The molecule has 0 fully saturated rings. The van der Waals surface area contributed by atoms with Crippen molar-refractivity contribution in [2.75, 3.05) is 0 Å². The summed E-state index contributed by atoms with van der Waals surface area (Å²) in [6.45, 7) is 2.25. The number of nitrogens with zero attached hydrogens (tertiary/aromatic N) is 4. The molecule has 1 aliphatic rings. The lowest BCUT2D eigenvalue weighted by Crippen LogP contribution is -2.25. The van der Waals surface area contributed by atoms with E-state index in [1.807, 2.05) is 30.3 Å². The molecule has 1 aromatic carbocycles. The van der Waals surface area contributed by atoms with Gasteiger partial charge in [-0.05, 0) is 28.8 Å². The third kappa shape index (κ3) is 2.41. The van der Waals surface area contributed by atoms with Crippen LogP contribution in [0.1, 0.15) is 43.2 Å². The lowest BCUT2D eigenvalue weighted by Gasteiger charge is -2.29. The van der Waals surface area contributed by atoms with E-state index in [1.54, 1.807) is 4.68 Å². The highest BCUT2D eigenvalue weighted by Gasteiger charge is 2.33. The van der Waals surface area contributed by atoms with Crippen LogP contribution in [0, 0.1) is 0 Å².